The molecule has 0 spiro atoms. The molecule has 0 aliphatic carbocycles. The van der Waals surface area contributed by atoms with Gasteiger partial charge in [0.15, 0.2) is 0 Å². The summed E-state index contributed by atoms with van der Waals surface area (Å²) in [7, 11) is 0. The van der Waals surface area contributed by atoms with E-state index in [0.717, 1.165) is 22.3 Å². The molecule has 2 aromatic carbocycles. The number of rotatable bonds is 7. The number of para-hydroxylation sites is 1. The molecule has 2 aromatic rings. The molecule has 32 heavy (non-hydrogen) atoms. The van der Waals surface area contributed by atoms with Gasteiger partial charge in [-0.25, -0.2) is 10.5 Å². The van der Waals surface area contributed by atoms with Crippen LogP contribution < -0.4 is 19.6 Å². The van der Waals surface area contributed by atoms with Gasteiger partial charge in [-0.15, -0.1) is 0 Å². The summed E-state index contributed by atoms with van der Waals surface area (Å²) in [5.41, 5.74) is 2.97. The van der Waals surface area contributed by atoms with Crippen molar-refractivity contribution in [1.29, 1.82) is 0 Å². The van der Waals surface area contributed by atoms with Crippen molar-refractivity contribution in [2.45, 2.75) is 91.9 Å². The second-order valence-corrected chi connectivity index (χ2v) is 10.9. The van der Waals surface area contributed by atoms with Gasteiger partial charge in [0.25, 0.3) is 0 Å². The molecule has 0 fully saturated rings. The van der Waals surface area contributed by atoms with Crippen molar-refractivity contribution in [1.82, 2.24) is 0 Å². The molecule has 0 saturated heterocycles. The summed E-state index contributed by atoms with van der Waals surface area (Å²) in [6.45, 7) is 20.6. The molecule has 178 valence electrons. The summed E-state index contributed by atoms with van der Waals surface area (Å²) in [5, 5.41) is 19.3. The molecule has 0 aromatic heterocycles. The van der Waals surface area contributed by atoms with E-state index in [9.17, 15) is 10.5 Å². The van der Waals surface area contributed by atoms with Gasteiger partial charge in [-0.05, 0) is 34.3 Å². The molecule has 0 aliphatic heterocycles. The van der Waals surface area contributed by atoms with Crippen LogP contribution in [0.2, 0.25) is 0 Å². The van der Waals surface area contributed by atoms with Crippen LogP contribution in [0.25, 0.3) is 0 Å². The van der Waals surface area contributed by atoms with Crippen LogP contribution in [-0.4, -0.2) is 10.5 Å². The van der Waals surface area contributed by atoms with Crippen LogP contribution in [0.4, 0.5) is 0 Å². The van der Waals surface area contributed by atoms with E-state index in [1.807, 2.05) is 33.8 Å². The summed E-state index contributed by atoms with van der Waals surface area (Å²) in [4.78, 5) is 21.1. The van der Waals surface area contributed by atoms with Gasteiger partial charge in [-0.3, -0.25) is 9.78 Å². The van der Waals surface area contributed by atoms with Crippen LogP contribution in [0.3, 0.4) is 0 Å². The Bertz CT molecular complexity index is 933. The minimum Gasteiger partial charge on any atom is -0.336 e. The van der Waals surface area contributed by atoms with E-state index in [4.69, 9.17) is 14.7 Å². The fraction of sp³-hybridized carbons (Fsp3) is 0.538. The Morgan fingerprint density at radius 3 is 1.69 bits per heavy atom. The first kappa shape index (κ1) is 25.8. The van der Waals surface area contributed by atoms with Crippen LogP contribution >= 0.6 is 0 Å². The van der Waals surface area contributed by atoms with E-state index in [1.165, 1.54) is 0 Å². The van der Waals surface area contributed by atoms with Gasteiger partial charge >= 0.3 is 0 Å². The van der Waals surface area contributed by atoms with Crippen molar-refractivity contribution in [3.63, 3.8) is 0 Å². The lowest BCUT2D eigenvalue weighted by atomic mass is 9.73. The third-order valence-electron chi connectivity index (χ3n) is 5.47. The van der Waals surface area contributed by atoms with E-state index < -0.39 is 0 Å². The Morgan fingerprint density at radius 2 is 1.25 bits per heavy atom. The van der Waals surface area contributed by atoms with Crippen molar-refractivity contribution in [2.24, 2.45) is 0 Å². The highest BCUT2D eigenvalue weighted by atomic mass is 17.2. The third-order valence-corrected chi connectivity index (χ3v) is 5.47. The monoisotopic (exact) mass is 446 g/mol. The van der Waals surface area contributed by atoms with Crippen LogP contribution in [0.5, 0.6) is 23.0 Å². The summed E-state index contributed by atoms with van der Waals surface area (Å²) in [6, 6.07) is 7.37. The molecule has 0 atom stereocenters. The first-order chi connectivity index (χ1) is 14.7. The van der Waals surface area contributed by atoms with Crippen LogP contribution in [0, 0.1) is 0 Å². The van der Waals surface area contributed by atoms with Crippen LogP contribution in [0.15, 0.2) is 24.3 Å². The topological polar surface area (TPSA) is 77.4 Å². The molecule has 0 bridgehead atoms. The zero-order valence-electron chi connectivity index (χ0n) is 21.0. The second-order valence-electron chi connectivity index (χ2n) is 10.9. The molecule has 0 heterocycles. The maximum atomic E-state index is 9.85. The van der Waals surface area contributed by atoms with Crippen LogP contribution in [-0.2, 0) is 10.8 Å². The predicted molar refractivity (Wildman–Crippen MR) is 126 cm³/mol. The average molecular weight is 447 g/mol. The minimum absolute atomic E-state index is 0.0650. The Hall–Kier alpha value is -2.44. The van der Waals surface area contributed by atoms with Gasteiger partial charge in [-0.1, -0.05) is 87.4 Å². The highest BCUT2D eigenvalue weighted by molar-refractivity contribution is 5.60. The molecular formula is C26H38O6. The van der Waals surface area contributed by atoms with Gasteiger partial charge in [0.2, 0.25) is 23.0 Å². The Balaban J connectivity index is 2.75. The lowest BCUT2D eigenvalue weighted by Crippen LogP contribution is -2.25. The lowest BCUT2D eigenvalue weighted by molar-refractivity contribution is -0.162. The predicted octanol–water partition coefficient (Wildman–Crippen LogP) is 7.60. The summed E-state index contributed by atoms with van der Waals surface area (Å²) < 4.78 is 0. The standard InChI is InChI=1S/C26H38O6/c1-15(2)17-12-11-13-20(22(17)29-27)31-32-24-21(26(8,9)10)19(25(5,6)7)14-18(16(3)4)23(24)30-28/h11-16,27-28H,1-10H3. The van der Waals surface area contributed by atoms with Crippen molar-refractivity contribution in [2.75, 3.05) is 0 Å². The molecule has 0 unspecified atom stereocenters. The van der Waals surface area contributed by atoms with Gasteiger partial charge in [0.1, 0.15) is 0 Å². The van der Waals surface area contributed by atoms with E-state index in [-0.39, 0.29) is 39.9 Å². The molecule has 6 heteroatoms. The highest BCUT2D eigenvalue weighted by Gasteiger charge is 2.35. The summed E-state index contributed by atoms with van der Waals surface area (Å²) in [6.07, 6.45) is 0. The van der Waals surface area contributed by atoms with Gasteiger partial charge in [0.05, 0.1) is 0 Å². The van der Waals surface area contributed by atoms with Gasteiger partial charge in [-0.2, -0.15) is 0 Å². The molecular weight excluding hydrogens is 408 g/mol. The average Bonchev–Trinajstić information content (AvgIpc) is 2.68. The highest BCUT2D eigenvalue weighted by Crippen LogP contribution is 2.49. The first-order valence-electron chi connectivity index (χ1n) is 11.1. The van der Waals surface area contributed by atoms with Gasteiger partial charge < -0.3 is 9.78 Å². The third kappa shape index (κ3) is 5.30. The molecule has 2 rings (SSSR count). The molecule has 0 amide bonds. The Labute approximate surface area is 191 Å². The molecule has 0 saturated carbocycles. The molecule has 0 aliphatic rings. The van der Waals surface area contributed by atoms with Crippen molar-refractivity contribution < 1.29 is 30.1 Å². The van der Waals surface area contributed by atoms with Crippen molar-refractivity contribution in [3.05, 3.63) is 46.5 Å². The largest absolute Gasteiger partial charge is 0.336 e. The van der Waals surface area contributed by atoms with E-state index >= 15 is 0 Å². The quantitative estimate of drug-likeness (QED) is 0.337. The lowest BCUT2D eigenvalue weighted by Gasteiger charge is -2.33. The Morgan fingerprint density at radius 1 is 0.688 bits per heavy atom. The fourth-order valence-electron chi connectivity index (χ4n) is 3.84. The Kier molecular flexibility index (Phi) is 7.74. The van der Waals surface area contributed by atoms with Crippen molar-refractivity contribution in [3.8, 4) is 23.0 Å². The fourth-order valence-corrected chi connectivity index (χ4v) is 3.84. The number of hydrogen-bond donors (Lipinski definition) is 2. The normalized spacial score (nSPS) is 12.3. The van der Waals surface area contributed by atoms with Crippen molar-refractivity contribution >= 4 is 0 Å². The van der Waals surface area contributed by atoms with Crippen LogP contribution in [0.1, 0.15) is 103 Å². The second kappa shape index (κ2) is 9.59. The maximum Gasteiger partial charge on any atom is 0.228 e. The zero-order chi connectivity index (χ0) is 24.4. The maximum absolute atomic E-state index is 9.85. The zero-order valence-corrected chi connectivity index (χ0v) is 21.0. The molecule has 2 N–H and O–H groups in total. The van der Waals surface area contributed by atoms with E-state index in [1.54, 1.807) is 12.1 Å². The van der Waals surface area contributed by atoms with E-state index in [0.29, 0.717) is 5.75 Å². The summed E-state index contributed by atoms with van der Waals surface area (Å²) in [5.74, 6) is 1.07. The van der Waals surface area contributed by atoms with E-state index in [2.05, 4.69) is 52.5 Å². The SMILES string of the molecule is CC(C)c1cccc(OOc2c(OO)c(C(C)C)cc(C(C)(C)C)c2C(C)(C)C)c1OO. The number of hydrogen-bond acceptors (Lipinski definition) is 6. The smallest absolute Gasteiger partial charge is 0.228 e. The molecule has 0 radical (unpaired) electrons. The minimum atomic E-state index is -0.347. The molecule has 6 nitrogen and oxygen atoms in total. The first-order valence-corrected chi connectivity index (χ1v) is 11.1. The number of benzene rings is 2. The summed E-state index contributed by atoms with van der Waals surface area (Å²) >= 11 is 0. The van der Waals surface area contributed by atoms with Gasteiger partial charge in [0, 0.05) is 16.7 Å².